The molecule has 0 aliphatic heterocycles. The van der Waals surface area contributed by atoms with E-state index >= 15 is 0 Å². The van der Waals surface area contributed by atoms with Crippen LogP contribution in [-0.2, 0) is 11.3 Å². The van der Waals surface area contributed by atoms with Gasteiger partial charge in [0.05, 0.1) is 31.0 Å². The fourth-order valence-corrected chi connectivity index (χ4v) is 4.12. The molecule has 1 atom stereocenters. The third-order valence-corrected chi connectivity index (χ3v) is 6.39. The van der Waals surface area contributed by atoms with E-state index in [2.05, 4.69) is 21.7 Å². The Labute approximate surface area is 188 Å². The second-order valence-electron chi connectivity index (χ2n) is 7.53. The first-order chi connectivity index (χ1) is 15.0. The molecule has 1 saturated carbocycles. The van der Waals surface area contributed by atoms with E-state index < -0.39 is 0 Å². The molecule has 1 aromatic heterocycles. The lowest BCUT2D eigenvalue weighted by molar-refractivity contribution is 0.0531. The number of aromatic nitrogens is 1. The molecule has 1 fully saturated rings. The molecule has 8 heteroatoms. The second kappa shape index (κ2) is 11.1. The van der Waals surface area contributed by atoms with Crippen LogP contribution in [-0.4, -0.2) is 36.2 Å². The summed E-state index contributed by atoms with van der Waals surface area (Å²) in [4.78, 5) is 22.0. The van der Waals surface area contributed by atoms with Crippen molar-refractivity contribution >= 4 is 23.3 Å². The van der Waals surface area contributed by atoms with Crippen LogP contribution in [0, 0.1) is 6.92 Å². The summed E-state index contributed by atoms with van der Waals surface area (Å²) in [6.45, 7) is 9.27. The fraction of sp³-hybridized carbons (Fsp3) is 0.522. The van der Waals surface area contributed by atoms with Crippen LogP contribution in [0.15, 0.2) is 29.3 Å². The van der Waals surface area contributed by atoms with Gasteiger partial charge in [-0.05, 0) is 53.0 Å². The molecule has 168 valence electrons. The zero-order valence-electron chi connectivity index (χ0n) is 18.7. The number of para-hydroxylation sites is 1. The van der Waals surface area contributed by atoms with E-state index in [9.17, 15) is 4.79 Å². The van der Waals surface area contributed by atoms with Gasteiger partial charge in [-0.2, -0.15) is 0 Å². The first-order valence-corrected chi connectivity index (χ1v) is 11.8. The van der Waals surface area contributed by atoms with Crippen LogP contribution in [0.2, 0.25) is 0 Å². The Morgan fingerprint density at radius 2 is 2.10 bits per heavy atom. The van der Waals surface area contributed by atoms with E-state index in [1.54, 1.807) is 6.92 Å². The highest BCUT2D eigenvalue weighted by molar-refractivity contribution is 7.13. The van der Waals surface area contributed by atoms with Crippen molar-refractivity contribution in [2.75, 3.05) is 13.2 Å². The number of nitrogens with one attached hydrogen (secondary N) is 2. The summed E-state index contributed by atoms with van der Waals surface area (Å²) in [5, 5.41) is 7.50. The first kappa shape index (κ1) is 23.1. The third kappa shape index (κ3) is 6.19. The largest absolute Gasteiger partial charge is 0.490 e. The van der Waals surface area contributed by atoms with Crippen molar-refractivity contribution in [3.8, 4) is 5.75 Å². The fourth-order valence-electron chi connectivity index (χ4n) is 3.16. The molecule has 7 nitrogen and oxygen atoms in total. The van der Waals surface area contributed by atoms with Gasteiger partial charge in [-0.1, -0.05) is 18.2 Å². The Kier molecular flexibility index (Phi) is 8.28. The average molecular weight is 445 g/mol. The predicted molar refractivity (Wildman–Crippen MR) is 124 cm³/mol. The third-order valence-electron chi connectivity index (χ3n) is 5.07. The summed E-state index contributed by atoms with van der Waals surface area (Å²) >= 11 is 1.36. The molecule has 2 N–H and O–H groups in total. The van der Waals surface area contributed by atoms with Crippen molar-refractivity contribution < 1.29 is 14.3 Å². The van der Waals surface area contributed by atoms with Crippen molar-refractivity contribution in [2.45, 2.75) is 65.6 Å². The van der Waals surface area contributed by atoms with Crippen molar-refractivity contribution in [2.24, 2.45) is 4.99 Å². The summed E-state index contributed by atoms with van der Waals surface area (Å²) in [5.41, 5.74) is 1.75. The van der Waals surface area contributed by atoms with Gasteiger partial charge in [0.2, 0.25) is 0 Å². The standard InChI is InChI=1S/C23H32N4O3S/c1-5-24-23(25-14-17-10-7-8-13-19(17)30-18-11-9-12-18)27-16(4)21-26-15(3)20(31-21)22(28)29-6-2/h7-8,10,13,16,18H,5-6,9,11-12,14H2,1-4H3,(H2,24,25,27). The highest BCUT2D eigenvalue weighted by atomic mass is 32.1. The van der Waals surface area contributed by atoms with Gasteiger partial charge in [0.15, 0.2) is 5.96 Å². The van der Waals surface area contributed by atoms with Crippen molar-refractivity contribution in [3.05, 3.63) is 45.4 Å². The lowest BCUT2D eigenvalue weighted by Gasteiger charge is -2.27. The number of benzene rings is 1. The lowest BCUT2D eigenvalue weighted by atomic mass is 9.96. The number of ether oxygens (including phenoxy) is 2. The number of aryl methyl sites for hydroxylation is 1. The van der Waals surface area contributed by atoms with E-state index in [4.69, 9.17) is 14.5 Å². The number of rotatable bonds is 9. The van der Waals surface area contributed by atoms with E-state index in [1.165, 1.54) is 17.8 Å². The highest BCUT2D eigenvalue weighted by Gasteiger charge is 2.21. The summed E-state index contributed by atoms with van der Waals surface area (Å²) in [5.74, 6) is 1.29. The van der Waals surface area contributed by atoms with Crippen molar-refractivity contribution in [1.82, 2.24) is 15.6 Å². The molecule has 1 aliphatic carbocycles. The van der Waals surface area contributed by atoms with Gasteiger partial charge in [0.25, 0.3) is 0 Å². The van der Waals surface area contributed by atoms with Gasteiger partial charge in [0.1, 0.15) is 15.6 Å². The zero-order valence-corrected chi connectivity index (χ0v) is 19.6. The van der Waals surface area contributed by atoms with Crippen LogP contribution in [0.1, 0.15) is 72.0 Å². The zero-order chi connectivity index (χ0) is 22.2. The Hall–Kier alpha value is -2.61. The molecule has 0 radical (unpaired) electrons. The normalized spacial score (nSPS) is 15.2. The van der Waals surface area contributed by atoms with Gasteiger partial charge in [0, 0.05) is 12.1 Å². The van der Waals surface area contributed by atoms with Crippen LogP contribution >= 0.6 is 11.3 Å². The molecule has 1 heterocycles. The number of carbonyl (C=O) groups excluding carboxylic acids is 1. The van der Waals surface area contributed by atoms with E-state index in [-0.39, 0.29) is 12.0 Å². The Bertz CT molecular complexity index is 908. The molecular formula is C23H32N4O3S. The second-order valence-corrected chi connectivity index (χ2v) is 8.56. The smallest absolute Gasteiger partial charge is 0.350 e. The highest BCUT2D eigenvalue weighted by Crippen LogP contribution is 2.28. The van der Waals surface area contributed by atoms with Gasteiger partial charge < -0.3 is 20.1 Å². The number of thiazole rings is 1. The number of esters is 1. The molecule has 1 aliphatic rings. The maximum atomic E-state index is 12.1. The summed E-state index contributed by atoms with van der Waals surface area (Å²) in [7, 11) is 0. The van der Waals surface area contributed by atoms with Gasteiger partial charge in [-0.15, -0.1) is 11.3 Å². The Morgan fingerprint density at radius 1 is 1.32 bits per heavy atom. The molecule has 0 amide bonds. The van der Waals surface area contributed by atoms with Crippen LogP contribution in [0.25, 0.3) is 0 Å². The van der Waals surface area contributed by atoms with Gasteiger partial charge in [-0.3, -0.25) is 0 Å². The monoisotopic (exact) mass is 444 g/mol. The summed E-state index contributed by atoms with van der Waals surface area (Å²) < 4.78 is 11.2. The maximum absolute atomic E-state index is 12.1. The lowest BCUT2D eigenvalue weighted by Crippen LogP contribution is -2.38. The SMILES string of the molecule is CCNC(=NCc1ccccc1OC1CCC1)NC(C)c1nc(C)c(C(=O)OCC)s1. The molecule has 1 unspecified atom stereocenters. The molecular weight excluding hydrogens is 412 g/mol. The topological polar surface area (TPSA) is 84.8 Å². The summed E-state index contributed by atoms with van der Waals surface area (Å²) in [6, 6.07) is 7.98. The number of nitrogens with zero attached hydrogens (tertiary/aromatic N) is 2. The Balaban J connectivity index is 1.69. The molecule has 1 aromatic carbocycles. The van der Waals surface area contributed by atoms with Crippen LogP contribution in [0.4, 0.5) is 0 Å². The van der Waals surface area contributed by atoms with E-state index in [1.807, 2.05) is 39.0 Å². The predicted octanol–water partition coefficient (Wildman–Crippen LogP) is 4.38. The molecule has 3 rings (SSSR count). The minimum atomic E-state index is -0.320. The molecule has 2 aromatic rings. The number of hydrogen-bond donors (Lipinski definition) is 2. The van der Waals surface area contributed by atoms with Crippen LogP contribution in [0.5, 0.6) is 5.75 Å². The first-order valence-electron chi connectivity index (χ1n) is 11.0. The molecule has 31 heavy (non-hydrogen) atoms. The number of guanidine groups is 1. The van der Waals surface area contributed by atoms with E-state index in [0.29, 0.717) is 35.8 Å². The van der Waals surface area contributed by atoms with Crippen LogP contribution < -0.4 is 15.4 Å². The van der Waals surface area contributed by atoms with E-state index in [0.717, 1.165) is 35.7 Å². The van der Waals surface area contributed by atoms with Gasteiger partial charge >= 0.3 is 5.97 Å². The maximum Gasteiger partial charge on any atom is 0.350 e. The Morgan fingerprint density at radius 3 is 2.77 bits per heavy atom. The van der Waals surface area contributed by atoms with Gasteiger partial charge in [-0.25, -0.2) is 14.8 Å². The minimum absolute atomic E-state index is 0.105. The van der Waals surface area contributed by atoms with Crippen molar-refractivity contribution in [1.29, 1.82) is 0 Å². The number of carbonyl (C=O) groups is 1. The number of aliphatic imine (C=N–C) groups is 1. The minimum Gasteiger partial charge on any atom is -0.490 e. The molecule has 0 spiro atoms. The van der Waals surface area contributed by atoms with Crippen LogP contribution in [0.3, 0.4) is 0 Å². The quantitative estimate of drug-likeness (QED) is 0.339. The molecule has 0 bridgehead atoms. The average Bonchev–Trinajstić information content (AvgIpc) is 3.12. The van der Waals surface area contributed by atoms with Crippen molar-refractivity contribution in [3.63, 3.8) is 0 Å². The summed E-state index contributed by atoms with van der Waals surface area (Å²) in [6.07, 6.45) is 3.82. The number of hydrogen-bond acceptors (Lipinski definition) is 6. The molecule has 0 saturated heterocycles.